The molecule has 20 heavy (non-hydrogen) atoms. The zero-order chi connectivity index (χ0) is 13.8. The number of H-pyrrole nitrogens is 1. The van der Waals surface area contributed by atoms with Gasteiger partial charge in [0.25, 0.3) is 0 Å². The minimum Gasteiger partial charge on any atom is -0.388 e. The number of imidazole rings is 1. The van der Waals surface area contributed by atoms with Crippen molar-refractivity contribution >= 4 is 0 Å². The Balaban J connectivity index is 1.53. The molecule has 0 bridgehead atoms. The van der Waals surface area contributed by atoms with Gasteiger partial charge in [-0.25, -0.2) is 4.98 Å². The summed E-state index contributed by atoms with van der Waals surface area (Å²) in [4.78, 5) is 9.80. The van der Waals surface area contributed by atoms with Gasteiger partial charge in [0.15, 0.2) is 0 Å². The van der Waals surface area contributed by atoms with Gasteiger partial charge in [0.1, 0.15) is 5.82 Å². The van der Waals surface area contributed by atoms with E-state index in [-0.39, 0.29) is 6.10 Å². The summed E-state index contributed by atoms with van der Waals surface area (Å²) in [5.41, 5.74) is 1.04. The van der Waals surface area contributed by atoms with Gasteiger partial charge < -0.3 is 10.1 Å². The molecule has 1 aliphatic heterocycles. The van der Waals surface area contributed by atoms with E-state index in [2.05, 4.69) is 14.9 Å². The third-order valence-corrected chi connectivity index (χ3v) is 4.15. The van der Waals surface area contributed by atoms with E-state index < -0.39 is 0 Å². The number of rotatable bonds is 4. The van der Waals surface area contributed by atoms with Gasteiger partial charge in [0.2, 0.25) is 0 Å². The molecule has 2 heterocycles. The molecular formula is C16H21N3O. The molecule has 2 aromatic rings. The van der Waals surface area contributed by atoms with Crippen LogP contribution in [-0.4, -0.2) is 33.1 Å². The molecule has 0 spiro atoms. The topological polar surface area (TPSA) is 52.1 Å². The Bertz CT molecular complexity index is 504. The van der Waals surface area contributed by atoms with E-state index >= 15 is 0 Å². The summed E-state index contributed by atoms with van der Waals surface area (Å²) in [7, 11) is 0. The first kappa shape index (κ1) is 13.3. The lowest BCUT2D eigenvalue weighted by Crippen LogP contribution is -2.35. The number of aliphatic hydroxyl groups is 1. The van der Waals surface area contributed by atoms with Crippen molar-refractivity contribution in [3.8, 4) is 0 Å². The maximum Gasteiger partial charge on any atom is 0.120 e. The van der Waals surface area contributed by atoms with Crippen LogP contribution in [-0.2, 0) is 6.54 Å². The Morgan fingerprint density at radius 1 is 1.25 bits per heavy atom. The van der Waals surface area contributed by atoms with E-state index in [0.29, 0.717) is 5.92 Å². The fourth-order valence-corrected chi connectivity index (χ4v) is 2.95. The van der Waals surface area contributed by atoms with Crippen LogP contribution in [0.4, 0.5) is 0 Å². The summed E-state index contributed by atoms with van der Waals surface area (Å²) < 4.78 is 0. The minimum absolute atomic E-state index is 0.332. The number of benzene rings is 1. The quantitative estimate of drug-likeness (QED) is 0.897. The Morgan fingerprint density at radius 3 is 2.65 bits per heavy atom. The van der Waals surface area contributed by atoms with Gasteiger partial charge in [-0.05, 0) is 37.4 Å². The van der Waals surface area contributed by atoms with Crippen molar-refractivity contribution in [1.29, 1.82) is 0 Å². The van der Waals surface area contributed by atoms with Crippen LogP contribution in [0.25, 0.3) is 0 Å². The van der Waals surface area contributed by atoms with E-state index in [4.69, 9.17) is 0 Å². The highest BCUT2D eigenvalue weighted by Gasteiger charge is 2.26. The number of piperidine rings is 1. The van der Waals surface area contributed by atoms with E-state index in [1.54, 1.807) is 6.20 Å². The molecular weight excluding hydrogens is 250 g/mol. The highest BCUT2D eigenvalue weighted by molar-refractivity contribution is 5.18. The largest absolute Gasteiger partial charge is 0.388 e. The van der Waals surface area contributed by atoms with Crippen LogP contribution in [0.1, 0.15) is 30.3 Å². The number of nitrogens with zero attached hydrogens (tertiary/aromatic N) is 2. The SMILES string of the molecule is OC(c1ccccc1)C1CCN(Cc2ncc[nH]2)CC1. The van der Waals surface area contributed by atoms with Gasteiger partial charge in [-0.15, -0.1) is 0 Å². The van der Waals surface area contributed by atoms with Crippen LogP contribution in [0, 0.1) is 5.92 Å². The van der Waals surface area contributed by atoms with Crippen molar-refractivity contribution in [1.82, 2.24) is 14.9 Å². The zero-order valence-electron chi connectivity index (χ0n) is 11.6. The number of likely N-dealkylation sites (tertiary alicyclic amines) is 1. The molecule has 1 aromatic heterocycles. The molecule has 1 aliphatic rings. The lowest BCUT2D eigenvalue weighted by molar-refractivity contribution is 0.0561. The first-order valence-electron chi connectivity index (χ1n) is 7.26. The Kier molecular flexibility index (Phi) is 4.14. The molecule has 3 rings (SSSR count). The van der Waals surface area contributed by atoms with Crippen molar-refractivity contribution in [2.75, 3.05) is 13.1 Å². The number of nitrogens with one attached hydrogen (secondary N) is 1. The maximum absolute atomic E-state index is 10.5. The molecule has 1 atom stereocenters. The maximum atomic E-state index is 10.5. The molecule has 0 radical (unpaired) electrons. The van der Waals surface area contributed by atoms with Crippen LogP contribution in [0.15, 0.2) is 42.7 Å². The third kappa shape index (κ3) is 3.08. The van der Waals surface area contributed by atoms with Crippen LogP contribution in [0.3, 0.4) is 0 Å². The fourth-order valence-electron chi connectivity index (χ4n) is 2.95. The molecule has 1 fully saturated rings. The Morgan fingerprint density at radius 2 is 2.00 bits per heavy atom. The lowest BCUT2D eigenvalue weighted by Gasteiger charge is -2.33. The predicted octanol–water partition coefficient (Wildman–Crippen LogP) is 2.36. The number of aromatic nitrogens is 2. The molecule has 4 nitrogen and oxygen atoms in total. The Labute approximate surface area is 119 Å². The van der Waals surface area contributed by atoms with Gasteiger partial charge in [-0.2, -0.15) is 0 Å². The first-order chi connectivity index (χ1) is 9.83. The van der Waals surface area contributed by atoms with Gasteiger partial charge in [-0.1, -0.05) is 30.3 Å². The molecule has 106 valence electrons. The summed E-state index contributed by atoms with van der Waals surface area (Å²) in [6.07, 6.45) is 5.40. The van der Waals surface area contributed by atoms with E-state index in [1.165, 1.54) is 0 Å². The highest BCUT2D eigenvalue weighted by Crippen LogP contribution is 2.30. The zero-order valence-corrected chi connectivity index (χ0v) is 11.6. The van der Waals surface area contributed by atoms with Crippen LogP contribution in [0.2, 0.25) is 0 Å². The van der Waals surface area contributed by atoms with Crippen LogP contribution >= 0.6 is 0 Å². The van der Waals surface area contributed by atoms with E-state index in [0.717, 1.165) is 43.9 Å². The summed E-state index contributed by atoms with van der Waals surface area (Å²) in [5.74, 6) is 1.39. The van der Waals surface area contributed by atoms with Crippen LogP contribution in [0.5, 0.6) is 0 Å². The van der Waals surface area contributed by atoms with Gasteiger partial charge >= 0.3 is 0 Å². The second-order valence-corrected chi connectivity index (χ2v) is 5.50. The van der Waals surface area contributed by atoms with E-state index in [9.17, 15) is 5.11 Å². The van der Waals surface area contributed by atoms with Crippen molar-refractivity contribution in [2.45, 2.75) is 25.5 Å². The third-order valence-electron chi connectivity index (χ3n) is 4.15. The van der Waals surface area contributed by atoms with Gasteiger partial charge in [0, 0.05) is 12.4 Å². The summed E-state index contributed by atoms with van der Waals surface area (Å²) in [6.45, 7) is 2.92. The van der Waals surface area contributed by atoms with Crippen molar-refractivity contribution in [3.05, 3.63) is 54.1 Å². The monoisotopic (exact) mass is 271 g/mol. The number of hydrogen-bond donors (Lipinski definition) is 2. The second-order valence-electron chi connectivity index (χ2n) is 5.50. The standard InChI is InChI=1S/C16H21N3O/c20-16(13-4-2-1-3-5-13)14-6-10-19(11-7-14)12-15-17-8-9-18-15/h1-5,8-9,14,16,20H,6-7,10-12H2,(H,17,18). The molecule has 1 saturated heterocycles. The number of aliphatic hydroxyl groups excluding tert-OH is 1. The van der Waals surface area contributed by atoms with Gasteiger partial charge in [0.05, 0.1) is 12.6 Å². The smallest absolute Gasteiger partial charge is 0.120 e. The van der Waals surface area contributed by atoms with Crippen molar-refractivity contribution in [3.63, 3.8) is 0 Å². The predicted molar refractivity (Wildman–Crippen MR) is 78.0 cm³/mol. The molecule has 1 unspecified atom stereocenters. The summed E-state index contributed by atoms with van der Waals surface area (Å²) >= 11 is 0. The summed E-state index contributed by atoms with van der Waals surface area (Å²) in [6, 6.07) is 10.00. The normalized spacial score (nSPS) is 19.1. The molecule has 1 aromatic carbocycles. The number of aromatic amines is 1. The first-order valence-corrected chi connectivity index (χ1v) is 7.26. The van der Waals surface area contributed by atoms with Gasteiger partial charge in [-0.3, -0.25) is 4.90 Å². The second kappa shape index (κ2) is 6.20. The van der Waals surface area contributed by atoms with E-state index in [1.807, 2.05) is 36.5 Å². The average molecular weight is 271 g/mol. The molecule has 4 heteroatoms. The minimum atomic E-state index is -0.332. The van der Waals surface area contributed by atoms with Crippen LogP contribution < -0.4 is 0 Å². The molecule has 0 amide bonds. The lowest BCUT2D eigenvalue weighted by atomic mass is 9.87. The van der Waals surface area contributed by atoms with Crippen molar-refractivity contribution in [2.24, 2.45) is 5.92 Å². The highest BCUT2D eigenvalue weighted by atomic mass is 16.3. The molecule has 0 aliphatic carbocycles. The Hall–Kier alpha value is -1.65. The van der Waals surface area contributed by atoms with Crippen molar-refractivity contribution < 1.29 is 5.11 Å². The average Bonchev–Trinajstić information content (AvgIpc) is 3.01. The summed E-state index contributed by atoms with van der Waals surface area (Å²) in [5, 5.41) is 10.5. The molecule has 2 N–H and O–H groups in total. The number of hydrogen-bond acceptors (Lipinski definition) is 3. The molecule has 0 saturated carbocycles. The fraction of sp³-hybridized carbons (Fsp3) is 0.438.